The molecule has 1 aromatic rings. The van der Waals surface area contributed by atoms with E-state index in [1.54, 1.807) is 34.1 Å². The summed E-state index contributed by atoms with van der Waals surface area (Å²) < 4.78 is 0. The van der Waals surface area contributed by atoms with Gasteiger partial charge < -0.3 is 9.80 Å². The fourth-order valence-corrected chi connectivity index (χ4v) is 2.61. The molecule has 6 heteroatoms. The molecule has 0 atom stereocenters. The summed E-state index contributed by atoms with van der Waals surface area (Å²) in [6.07, 6.45) is 0. The Labute approximate surface area is 141 Å². The van der Waals surface area contributed by atoms with E-state index in [-0.39, 0.29) is 17.7 Å². The van der Waals surface area contributed by atoms with E-state index in [1.165, 1.54) is 0 Å². The zero-order chi connectivity index (χ0) is 16.3. The van der Waals surface area contributed by atoms with Crippen molar-refractivity contribution in [2.24, 2.45) is 5.41 Å². The van der Waals surface area contributed by atoms with Gasteiger partial charge in [0.15, 0.2) is 0 Å². The Hall–Kier alpha value is -1.26. The van der Waals surface area contributed by atoms with Gasteiger partial charge in [0, 0.05) is 42.6 Å². The Morgan fingerprint density at radius 2 is 1.55 bits per heavy atom. The van der Waals surface area contributed by atoms with Gasteiger partial charge in [0.05, 0.1) is 5.41 Å². The van der Waals surface area contributed by atoms with Crippen molar-refractivity contribution in [3.63, 3.8) is 0 Å². The smallest absolute Gasteiger partial charge is 0.253 e. The predicted molar refractivity (Wildman–Crippen MR) is 88.4 cm³/mol. The lowest BCUT2D eigenvalue weighted by atomic mass is 9.94. The van der Waals surface area contributed by atoms with Crippen LogP contribution in [-0.4, -0.2) is 53.7 Å². The number of hydrogen-bond acceptors (Lipinski definition) is 2. The first kappa shape index (κ1) is 17.1. The third kappa shape index (κ3) is 3.73. The highest BCUT2D eigenvalue weighted by atomic mass is 35.5. The lowest BCUT2D eigenvalue weighted by Crippen LogP contribution is -2.53. The normalized spacial score (nSPS) is 15.8. The molecule has 1 aliphatic heterocycles. The van der Waals surface area contributed by atoms with Gasteiger partial charge in [0.25, 0.3) is 5.91 Å². The quantitative estimate of drug-likeness (QED) is 0.792. The van der Waals surface area contributed by atoms with Gasteiger partial charge in [0.1, 0.15) is 0 Å². The van der Waals surface area contributed by atoms with E-state index in [0.29, 0.717) is 36.8 Å². The number of nitrogens with zero attached hydrogens (tertiary/aromatic N) is 2. The van der Waals surface area contributed by atoms with Gasteiger partial charge in [-0.1, -0.05) is 11.6 Å². The van der Waals surface area contributed by atoms with Crippen molar-refractivity contribution in [3.05, 3.63) is 34.9 Å². The van der Waals surface area contributed by atoms with Crippen molar-refractivity contribution in [3.8, 4) is 0 Å². The van der Waals surface area contributed by atoms with Gasteiger partial charge in [-0.3, -0.25) is 9.59 Å². The lowest BCUT2D eigenvalue weighted by molar-refractivity contribution is -0.140. The zero-order valence-corrected chi connectivity index (χ0v) is 14.3. The summed E-state index contributed by atoms with van der Waals surface area (Å²) in [7, 11) is 0. The van der Waals surface area contributed by atoms with E-state index < -0.39 is 5.41 Å². The van der Waals surface area contributed by atoms with E-state index in [2.05, 4.69) is 0 Å². The molecule has 0 aliphatic carbocycles. The molecule has 4 nitrogen and oxygen atoms in total. The molecule has 0 spiro atoms. The molecule has 1 fully saturated rings. The SMILES string of the molecule is CC(C)(CCl)C(=O)N1CCN(C(=O)c2ccc(Cl)cc2)CC1. The van der Waals surface area contributed by atoms with E-state index in [0.717, 1.165) is 0 Å². The lowest BCUT2D eigenvalue weighted by Gasteiger charge is -2.38. The topological polar surface area (TPSA) is 40.6 Å². The zero-order valence-electron chi connectivity index (χ0n) is 12.8. The number of benzene rings is 1. The highest BCUT2D eigenvalue weighted by Gasteiger charge is 2.33. The maximum Gasteiger partial charge on any atom is 0.253 e. The summed E-state index contributed by atoms with van der Waals surface area (Å²) in [4.78, 5) is 28.3. The van der Waals surface area contributed by atoms with Crippen LogP contribution < -0.4 is 0 Å². The number of carbonyl (C=O) groups excluding carboxylic acids is 2. The molecule has 0 radical (unpaired) electrons. The summed E-state index contributed by atoms with van der Waals surface area (Å²) >= 11 is 11.7. The van der Waals surface area contributed by atoms with Crippen LogP contribution in [0.25, 0.3) is 0 Å². The molecule has 0 N–H and O–H groups in total. The molecule has 120 valence electrons. The summed E-state index contributed by atoms with van der Waals surface area (Å²) in [5.74, 6) is 0.303. The van der Waals surface area contributed by atoms with Crippen molar-refractivity contribution in [1.29, 1.82) is 0 Å². The van der Waals surface area contributed by atoms with Crippen LogP contribution in [0.1, 0.15) is 24.2 Å². The summed E-state index contributed by atoms with van der Waals surface area (Å²) in [6, 6.07) is 6.85. The number of piperazine rings is 1. The highest BCUT2D eigenvalue weighted by Crippen LogP contribution is 2.22. The molecule has 22 heavy (non-hydrogen) atoms. The maximum atomic E-state index is 12.4. The Morgan fingerprint density at radius 1 is 1.05 bits per heavy atom. The molecule has 1 saturated heterocycles. The average molecular weight is 343 g/mol. The highest BCUT2D eigenvalue weighted by molar-refractivity contribution is 6.30. The van der Waals surface area contributed by atoms with Crippen LogP contribution in [0.15, 0.2) is 24.3 Å². The van der Waals surface area contributed by atoms with Crippen LogP contribution in [0.4, 0.5) is 0 Å². The van der Waals surface area contributed by atoms with E-state index in [4.69, 9.17) is 23.2 Å². The average Bonchev–Trinajstić information content (AvgIpc) is 2.54. The number of amides is 2. The molecule has 0 bridgehead atoms. The molecular weight excluding hydrogens is 323 g/mol. The first-order chi connectivity index (χ1) is 10.3. The number of halogens is 2. The second-order valence-electron chi connectivity index (χ2n) is 6.11. The fourth-order valence-electron chi connectivity index (χ4n) is 2.37. The van der Waals surface area contributed by atoms with Crippen molar-refractivity contribution >= 4 is 35.0 Å². The van der Waals surface area contributed by atoms with Gasteiger partial charge in [-0.2, -0.15) is 0 Å². The Balaban J connectivity index is 1.96. The van der Waals surface area contributed by atoms with Crippen molar-refractivity contribution in [1.82, 2.24) is 9.80 Å². The molecule has 0 unspecified atom stereocenters. The van der Waals surface area contributed by atoms with Crippen LogP contribution in [0.3, 0.4) is 0 Å². The van der Waals surface area contributed by atoms with Gasteiger partial charge in [-0.15, -0.1) is 11.6 Å². The monoisotopic (exact) mass is 342 g/mol. The second-order valence-corrected chi connectivity index (χ2v) is 6.81. The van der Waals surface area contributed by atoms with Crippen molar-refractivity contribution in [2.75, 3.05) is 32.1 Å². The van der Waals surface area contributed by atoms with Gasteiger partial charge in [-0.25, -0.2) is 0 Å². The Bertz CT molecular complexity index is 550. The molecule has 2 amide bonds. The number of alkyl halides is 1. The summed E-state index contributed by atoms with van der Waals surface area (Å²) in [5.41, 5.74) is 0.0504. The van der Waals surface area contributed by atoms with Gasteiger partial charge in [0.2, 0.25) is 5.91 Å². The van der Waals surface area contributed by atoms with Crippen LogP contribution in [-0.2, 0) is 4.79 Å². The van der Waals surface area contributed by atoms with Crippen LogP contribution in [0, 0.1) is 5.41 Å². The van der Waals surface area contributed by atoms with Crippen LogP contribution in [0.2, 0.25) is 5.02 Å². The molecule has 2 rings (SSSR count). The minimum absolute atomic E-state index is 0.0274. The third-order valence-electron chi connectivity index (χ3n) is 3.86. The van der Waals surface area contributed by atoms with Crippen molar-refractivity contribution in [2.45, 2.75) is 13.8 Å². The molecule has 1 heterocycles. The molecular formula is C16H20Cl2N2O2. The second kappa shape index (κ2) is 6.88. The van der Waals surface area contributed by atoms with Crippen LogP contribution in [0.5, 0.6) is 0 Å². The molecule has 0 aromatic heterocycles. The standard InChI is InChI=1S/C16H20Cl2N2O2/c1-16(2,11-17)15(22)20-9-7-19(8-10-20)14(21)12-3-5-13(18)6-4-12/h3-6H,7-11H2,1-2H3. The number of hydrogen-bond donors (Lipinski definition) is 0. The molecule has 1 aliphatic rings. The summed E-state index contributed by atoms with van der Waals surface area (Å²) in [5, 5.41) is 0.607. The Morgan fingerprint density at radius 3 is 2.05 bits per heavy atom. The first-order valence-electron chi connectivity index (χ1n) is 7.25. The maximum absolute atomic E-state index is 12.4. The van der Waals surface area contributed by atoms with Crippen molar-refractivity contribution < 1.29 is 9.59 Å². The van der Waals surface area contributed by atoms with E-state index in [9.17, 15) is 9.59 Å². The first-order valence-corrected chi connectivity index (χ1v) is 8.16. The predicted octanol–water partition coefficient (Wildman–Crippen LogP) is 2.89. The van der Waals surface area contributed by atoms with Gasteiger partial charge in [-0.05, 0) is 38.1 Å². The molecule has 1 aromatic carbocycles. The largest absolute Gasteiger partial charge is 0.339 e. The third-order valence-corrected chi connectivity index (χ3v) is 4.78. The number of carbonyl (C=O) groups is 2. The minimum Gasteiger partial charge on any atom is -0.339 e. The Kier molecular flexibility index (Phi) is 5.35. The minimum atomic E-state index is -0.566. The van der Waals surface area contributed by atoms with E-state index in [1.807, 2.05) is 13.8 Å². The summed E-state index contributed by atoms with van der Waals surface area (Å²) in [6.45, 7) is 5.83. The molecule has 0 saturated carbocycles. The van der Waals surface area contributed by atoms with E-state index >= 15 is 0 Å². The number of rotatable bonds is 3. The van der Waals surface area contributed by atoms with Gasteiger partial charge >= 0.3 is 0 Å². The fraction of sp³-hybridized carbons (Fsp3) is 0.500. The van der Waals surface area contributed by atoms with Crippen LogP contribution >= 0.6 is 23.2 Å².